The maximum Gasteiger partial charge on any atom is 0.272 e. The summed E-state index contributed by atoms with van der Waals surface area (Å²) in [5.41, 5.74) is 0.484. The lowest BCUT2D eigenvalue weighted by Crippen LogP contribution is -2.42. The number of morpholine rings is 1. The zero-order valence-electron chi connectivity index (χ0n) is 11.9. The third-order valence-electron chi connectivity index (χ3n) is 3.41. The van der Waals surface area contributed by atoms with E-state index in [1.54, 1.807) is 4.90 Å². The Bertz CT molecular complexity index is 594. The van der Waals surface area contributed by atoms with Crippen LogP contribution in [0.3, 0.4) is 0 Å². The van der Waals surface area contributed by atoms with Gasteiger partial charge in [0.05, 0.1) is 25.7 Å². The van der Waals surface area contributed by atoms with E-state index in [2.05, 4.69) is 32.1 Å². The minimum atomic E-state index is -0.285. The maximum absolute atomic E-state index is 12.3. The van der Waals surface area contributed by atoms with Crippen LogP contribution in [-0.4, -0.2) is 55.7 Å². The molecule has 1 fully saturated rings. The van der Waals surface area contributed by atoms with E-state index < -0.39 is 0 Å². The minimum absolute atomic E-state index is 0.0786. The Labute approximate surface area is 121 Å². The second-order valence-electron chi connectivity index (χ2n) is 4.97. The summed E-state index contributed by atoms with van der Waals surface area (Å²) in [4.78, 5) is 25.2. The van der Waals surface area contributed by atoms with E-state index in [4.69, 9.17) is 4.74 Å². The monoisotopic (exact) mass is 290 g/mol. The topological polar surface area (TPSA) is 99.8 Å². The molecule has 3 rings (SSSR count). The molecule has 1 saturated heterocycles. The highest BCUT2D eigenvalue weighted by Crippen LogP contribution is 2.20. The van der Waals surface area contributed by atoms with Crippen molar-refractivity contribution in [3.8, 4) is 0 Å². The molecule has 1 atom stereocenters. The number of nitrogens with zero attached hydrogens (tertiary/aromatic N) is 4. The highest BCUT2D eigenvalue weighted by Gasteiger charge is 2.29. The van der Waals surface area contributed by atoms with Crippen molar-refractivity contribution in [1.29, 1.82) is 0 Å². The van der Waals surface area contributed by atoms with Crippen LogP contribution in [0.1, 0.15) is 41.6 Å². The van der Waals surface area contributed by atoms with Crippen LogP contribution >= 0.6 is 0 Å². The van der Waals surface area contributed by atoms with Crippen molar-refractivity contribution in [3.05, 3.63) is 29.9 Å². The Morgan fingerprint density at radius 1 is 1.57 bits per heavy atom. The van der Waals surface area contributed by atoms with Crippen molar-refractivity contribution in [1.82, 2.24) is 30.0 Å². The quantitative estimate of drug-likeness (QED) is 0.863. The van der Waals surface area contributed by atoms with E-state index in [-0.39, 0.29) is 12.0 Å². The summed E-state index contributed by atoms with van der Waals surface area (Å²) in [6.07, 6.45) is 4.60. The predicted molar refractivity (Wildman–Crippen MR) is 73.6 cm³/mol. The number of H-pyrrole nitrogens is 2. The Hall–Kier alpha value is -2.22. The van der Waals surface area contributed by atoms with Gasteiger partial charge in [-0.3, -0.25) is 9.89 Å². The average Bonchev–Trinajstić information content (AvgIpc) is 3.18. The van der Waals surface area contributed by atoms with Gasteiger partial charge in [-0.25, -0.2) is 9.97 Å². The fourth-order valence-corrected chi connectivity index (χ4v) is 2.34. The first-order valence-corrected chi connectivity index (χ1v) is 7.08. The van der Waals surface area contributed by atoms with Crippen LogP contribution in [0.15, 0.2) is 12.5 Å². The fraction of sp³-hybridized carbons (Fsp3) is 0.538. The number of aryl methyl sites for hydroxylation is 1. The summed E-state index contributed by atoms with van der Waals surface area (Å²) < 4.78 is 5.69. The van der Waals surface area contributed by atoms with Crippen LogP contribution in [0.25, 0.3) is 0 Å². The van der Waals surface area contributed by atoms with Crippen LogP contribution in [-0.2, 0) is 11.2 Å². The van der Waals surface area contributed by atoms with Gasteiger partial charge in [-0.05, 0) is 6.42 Å². The zero-order valence-corrected chi connectivity index (χ0v) is 11.9. The smallest absolute Gasteiger partial charge is 0.272 e. The zero-order chi connectivity index (χ0) is 14.7. The van der Waals surface area contributed by atoms with Gasteiger partial charge in [0.25, 0.3) is 5.91 Å². The molecule has 1 aliphatic rings. The van der Waals surface area contributed by atoms with Crippen molar-refractivity contribution in [3.63, 3.8) is 0 Å². The largest absolute Gasteiger partial charge is 0.366 e. The molecule has 0 radical (unpaired) electrons. The highest BCUT2D eigenvalue weighted by atomic mass is 16.5. The molecular weight excluding hydrogens is 272 g/mol. The van der Waals surface area contributed by atoms with Gasteiger partial charge in [-0.15, -0.1) is 0 Å². The number of imidazole rings is 1. The van der Waals surface area contributed by atoms with Crippen LogP contribution in [0.2, 0.25) is 0 Å². The number of amides is 1. The van der Waals surface area contributed by atoms with Gasteiger partial charge in [0.2, 0.25) is 0 Å². The first-order chi connectivity index (χ1) is 10.3. The lowest BCUT2D eigenvalue weighted by atomic mass is 10.2. The van der Waals surface area contributed by atoms with Gasteiger partial charge >= 0.3 is 0 Å². The van der Waals surface area contributed by atoms with E-state index in [1.807, 2.05) is 0 Å². The van der Waals surface area contributed by atoms with Gasteiger partial charge in [0.15, 0.2) is 5.82 Å². The number of carbonyl (C=O) groups is 1. The summed E-state index contributed by atoms with van der Waals surface area (Å²) in [7, 11) is 0. The molecule has 3 heterocycles. The van der Waals surface area contributed by atoms with Crippen molar-refractivity contribution < 1.29 is 9.53 Å². The second-order valence-corrected chi connectivity index (χ2v) is 4.97. The van der Waals surface area contributed by atoms with Crippen molar-refractivity contribution >= 4 is 5.91 Å². The first kappa shape index (κ1) is 13.7. The van der Waals surface area contributed by atoms with Gasteiger partial charge in [-0.2, -0.15) is 5.10 Å². The Kier molecular flexibility index (Phi) is 3.96. The van der Waals surface area contributed by atoms with Gasteiger partial charge in [0.1, 0.15) is 17.6 Å². The molecule has 8 nitrogen and oxygen atoms in total. The summed E-state index contributed by atoms with van der Waals surface area (Å²) in [6.45, 7) is 3.56. The van der Waals surface area contributed by atoms with Crippen LogP contribution in [0.4, 0.5) is 0 Å². The normalized spacial score (nSPS) is 18.9. The number of hydrogen-bond acceptors (Lipinski definition) is 5. The molecule has 112 valence electrons. The standard InChI is InChI=1S/C13H18N6O2/c1-2-3-11-16-12(18-17-11)10-7-19(4-5-21-10)13(20)9-6-14-8-15-9/h6,8,10H,2-5,7H2,1H3,(H,14,15)(H,16,17,18). The molecule has 1 aliphatic heterocycles. The maximum atomic E-state index is 12.3. The third kappa shape index (κ3) is 2.94. The lowest BCUT2D eigenvalue weighted by molar-refractivity contribution is -0.0268. The summed E-state index contributed by atoms with van der Waals surface area (Å²) in [6, 6.07) is 0. The van der Waals surface area contributed by atoms with E-state index in [0.29, 0.717) is 31.2 Å². The summed E-state index contributed by atoms with van der Waals surface area (Å²) >= 11 is 0. The molecule has 1 amide bonds. The van der Waals surface area contributed by atoms with Crippen LogP contribution < -0.4 is 0 Å². The van der Waals surface area contributed by atoms with Crippen molar-refractivity contribution in [2.24, 2.45) is 0 Å². The number of nitrogens with one attached hydrogen (secondary N) is 2. The highest BCUT2D eigenvalue weighted by molar-refractivity contribution is 5.92. The predicted octanol–water partition coefficient (Wildman–Crippen LogP) is 0.694. The first-order valence-electron chi connectivity index (χ1n) is 7.08. The Morgan fingerprint density at radius 3 is 3.24 bits per heavy atom. The van der Waals surface area contributed by atoms with Gasteiger partial charge in [-0.1, -0.05) is 6.92 Å². The number of rotatable bonds is 4. The second kappa shape index (κ2) is 6.04. The SMILES string of the molecule is CCCc1nc(C2CN(C(=O)c3cnc[nH]3)CCO2)n[nH]1. The van der Waals surface area contributed by atoms with E-state index in [9.17, 15) is 4.79 Å². The lowest BCUT2D eigenvalue weighted by Gasteiger charge is -2.31. The minimum Gasteiger partial charge on any atom is -0.366 e. The van der Waals surface area contributed by atoms with E-state index >= 15 is 0 Å². The molecule has 2 N–H and O–H groups in total. The van der Waals surface area contributed by atoms with Crippen LogP contribution in [0, 0.1) is 0 Å². The molecule has 0 spiro atoms. The fourth-order valence-electron chi connectivity index (χ4n) is 2.34. The molecule has 0 saturated carbocycles. The van der Waals surface area contributed by atoms with E-state index in [0.717, 1.165) is 18.7 Å². The number of aromatic amines is 2. The summed E-state index contributed by atoms with van der Waals surface area (Å²) in [5.74, 6) is 1.39. The molecule has 0 bridgehead atoms. The number of aromatic nitrogens is 5. The summed E-state index contributed by atoms with van der Waals surface area (Å²) in [5, 5.41) is 7.11. The Balaban J connectivity index is 1.69. The van der Waals surface area contributed by atoms with Gasteiger partial charge in [0, 0.05) is 13.0 Å². The van der Waals surface area contributed by atoms with Crippen molar-refractivity contribution in [2.45, 2.75) is 25.9 Å². The number of ether oxygens (including phenoxy) is 1. The van der Waals surface area contributed by atoms with E-state index in [1.165, 1.54) is 12.5 Å². The molecule has 8 heteroatoms. The Morgan fingerprint density at radius 2 is 2.48 bits per heavy atom. The molecule has 0 aromatic carbocycles. The number of hydrogen-bond donors (Lipinski definition) is 2. The molecule has 2 aromatic rings. The van der Waals surface area contributed by atoms with Crippen molar-refractivity contribution in [2.75, 3.05) is 19.7 Å². The third-order valence-corrected chi connectivity index (χ3v) is 3.41. The van der Waals surface area contributed by atoms with Crippen LogP contribution in [0.5, 0.6) is 0 Å². The molecular formula is C13H18N6O2. The average molecular weight is 290 g/mol. The molecule has 0 aliphatic carbocycles. The van der Waals surface area contributed by atoms with Gasteiger partial charge < -0.3 is 14.6 Å². The number of carbonyl (C=O) groups excluding carboxylic acids is 1. The molecule has 21 heavy (non-hydrogen) atoms. The molecule has 1 unspecified atom stereocenters. The molecule has 2 aromatic heterocycles.